The summed E-state index contributed by atoms with van der Waals surface area (Å²) in [6.07, 6.45) is 0. The van der Waals surface area contributed by atoms with Gasteiger partial charge in [0.2, 0.25) is 17.7 Å². The molecule has 5 aromatic rings. The van der Waals surface area contributed by atoms with E-state index in [1.54, 1.807) is 24.3 Å². The number of thioether (sulfide) groups is 1. The van der Waals surface area contributed by atoms with Crippen molar-refractivity contribution >= 4 is 94.8 Å². The number of hydrogen-bond donors (Lipinski definition) is 1. The zero-order valence-corrected chi connectivity index (χ0v) is 27.0. The summed E-state index contributed by atoms with van der Waals surface area (Å²) in [5, 5.41) is 4.75. The van der Waals surface area contributed by atoms with Crippen LogP contribution in [-0.4, -0.2) is 27.5 Å². The lowest BCUT2D eigenvalue weighted by molar-refractivity contribution is -0.122. The monoisotopic (exact) mass is 733 g/mol. The predicted octanol–water partition coefficient (Wildman–Crippen LogP) is 7.02. The van der Waals surface area contributed by atoms with Gasteiger partial charge < -0.3 is 5.32 Å². The maximum atomic E-state index is 14.0. The van der Waals surface area contributed by atoms with Crippen LogP contribution in [0.3, 0.4) is 0 Å². The highest BCUT2D eigenvalue weighted by molar-refractivity contribution is 9.10. The number of carbonyl (C=O) groups is 3. The van der Waals surface area contributed by atoms with Crippen LogP contribution in [0.2, 0.25) is 0 Å². The van der Waals surface area contributed by atoms with E-state index in [1.807, 2.05) is 66.7 Å². The van der Waals surface area contributed by atoms with E-state index < -0.39 is 17.1 Å². The number of anilines is 2. The quantitative estimate of drug-likeness (QED) is 0.196. The van der Waals surface area contributed by atoms with Gasteiger partial charge in [-0.3, -0.25) is 23.7 Å². The van der Waals surface area contributed by atoms with Gasteiger partial charge in [-0.25, -0.2) is 4.90 Å². The standard InChI is InChI=1S/C32H21Br2N3O4S2/c33-20-9-12-23(13-10-20)37-29(39)26-25(19-6-3-7-21(34)14-19)28-31(42-27(26)30(37)40)36(32(41)43-28)16-24(38)35-22-11-8-17-4-1-2-5-18(17)15-22/h1-15,25-27H,16H2,(H,35,38). The second kappa shape index (κ2) is 11.2. The molecule has 11 heteroatoms. The number of imide groups is 1. The van der Waals surface area contributed by atoms with E-state index in [2.05, 4.69) is 37.2 Å². The molecule has 0 spiro atoms. The molecule has 2 aliphatic heterocycles. The molecule has 214 valence electrons. The Hall–Kier alpha value is -3.51. The van der Waals surface area contributed by atoms with Crippen molar-refractivity contribution in [1.82, 2.24) is 4.57 Å². The van der Waals surface area contributed by atoms with E-state index >= 15 is 0 Å². The highest BCUT2D eigenvalue weighted by Gasteiger charge is 2.56. The van der Waals surface area contributed by atoms with Gasteiger partial charge >= 0.3 is 4.87 Å². The number of thiazole rings is 1. The molecule has 3 unspecified atom stereocenters. The van der Waals surface area contributed by atoms with Crippen LogP contribution in [0.15, 0.2) is 110 Å². The Bertz CT molecular complexity index is 2010. The normalized spacial score (nSPS) is 19.4. The van der Waals surface area contributed by atoms with Gasteiger partial charge in [-0.2, -0.15) is 0 Å². The zero-order chi connectivity index (χ0) is 29.8. The van der Waals surface area contributed by atoms with Gasteiger partial charge in [-0.1, -0.05) is 97.4 Å². The molecule has 1 N–H and O–H groups in total. The molecule has 7 rings (SSSR count). The van der Waals surface area contributed by atoms with E-state index in [1.165, 1.54) is 21.2 Å². The lowest BCUT2D eigenvalue weighted by Gasteiger charge is -2.30. The van der Waals surface area contributed by atoms with Crippen molar-refractivity contribution < 1.29 is 14.4 Å². The average Bonchev–Trinajstić information content (AvgIpc) is 3.43. The fourth-order valence-corrected chi connectivity index (χ4v) is 9.22. The number of hydrogen-bond acceptors (Lipinski definition) is 6. The smallest absolute Gasteiger partial charge is 0.308 e. The summed E-state index contributed by atoms with van der Waals surface area (Å²) < 4.78 is 3.09. The number of rotatable bonds is 5. The maximum Gasteiger partial charge on any atom is 0.308 e. The number of carbonyl (C=O) groups excluding carboxylic acids is 3. The first-order chi connectivity index (χ1) is 20.8. The van der Waals surface area contributed by atoms with Crippen molar-refractivity contribution in [3.05, 3.63) is 120 Å². The maximum absolute atomic E-state index is 14.0. The van der Waals surface area contributed by atoms with Crippen molar-refractivity contribution in [2.75, 3.05) is 10.2 Å². The molecule has 2 aliphatic rings. The third kappa shape index (κ3) is 5.08. The molecule has 1 fully saturated rings. The third-order valence-corrected chi connectivity index (χ3v) is 11.3. The van der Waals surface area contributed by atoms with Crippen molar-refractivity contribution in [2.45, 2.75) is 22.7 Å². The topological polar surface area (TPSA) is 88.5 Å². The average molecular weight is 735 g/mol. The van der Waals surface area contributed by atoms with E-state index in [4.69, 9.17) is 0 Å². The third-order valence-electron chi connectivity index (χ3n) is 7.68. The highest BCUT2D eigenvalue weighted by atomic mass is 79.9. The SMILES string of the molecule is O=C(Cn1c2c(sc1=O)C(c1cccc(Br)c1)C1C(=O)N(c3ccc(Br)cc3)C(=O)C1S2)Nc1ccc2ccccc2c1. The number of halogens is 2. The summed E-state index contributed by atoms with van der Waals surface area (Å²) >= 11 is 9.18. The van der Waals surface area contributed by atoms with Crippen LogP contribution < -0.4 is 15.1 Å². The molecule has 7 nitrogen and oxygen atoms in total. The Morgan fingerprint density at radius 3 is 2.35 bits per heavy atom. The zero-order valence-electron chi connectivity index (χ0n) is 22.2. The summed E-state index contributed by atoms with van der Waals surface area (Å²) in [6.45, 7) is -0.217. The van der Waals surface area contributed by atoms with Gasteiger partial charge in [0.05, 0.1) is 16.6 Å². The molecule has 3 heterocycles. The Kier molecular flexibility index (Phi) is 7.37. The molecule has 1 saturated heterocycles. The minimum Gasteiger partial charge on any atom is -0.325 e. The Morgan fingerprint density at radius 2 is 1.58 bits per heavy atom. The molecule has 0 bridgehead atoms. The van der Waals surface area contributed by atoms with Crippen molar-refractivity contribution in [2.24, 2.45) is 5.92 Å². The van der Waals surface area contributed by atoms with E-state index in [0.717, 1.165) is 36.6 Å². The van der Waals surface area contributed by atoms with Crippen molar-refractivity contribution in [1.29, 1.82) is 0 Å². The molecular formula is C32H21Br2N3O4S2. The van der Waals surface area contributed by atoms with Crippen LogP contribution in [0.1, 0.15) is 16.4 Å². The van der Waals surface area contributed by atoms with Crippen LogP contribution in [0.4, 0.5) is 11.4 Å². The molecule has 43 heavy (non-hydrogen) atoms. The fourth-order valence-electron chi connectivity index (χ4n) is 5.77. The number of nitrogens with one attached hydrogen (secondary N) is 1. The Morgan fingerprint density at radius 1 is 0.814 bits per heavy atom. The van der Waals surface area contributed by atoms with Crippen LogP contribution in [-0.2, 0) is 20.9 Å². The first-order valence-corrected chi connectivity index (χ1v) is 16.6. The van der Waals surface area contributed by atoms with Crippen LogP contribution >= 0.6 is 55.0 Å². The minimum absolute atomic E-state index is 0.217. The van der Waals surface area contributed by atoms with E-state index in [9.17, 15) is 19.2 Å². The summed E-state index contributed by atoms with van der Waals surface area (Å²) in [7, 11) is 0. The van der Waals surface area contributed by atoms with Gasteiger partial charge in [0, 0.05) is 25.4 Å². The number of fused-ring (bicyclic) bond motifs is 3. The van der Waals surface area contributed by atoms with Gasteiger partial charge in [0.1, 0.15) is 11.8 Å². The number of aromatic nitrogens is 1. The van der Waals surface area contributed by atoms with Gasteiger partial charge in [-0.05, 0) is 64.9 Å². The predicted molar refractivity (Wildman–Crippen MR) is 177 cm³/mol. The highest BCUT2D eigenvalue weighted by Crippen LogP contribution is 2.54. The number of benzene rings is 4. The van der Waals surface area contributed by atoms with Crippen LogP contribution in [0.5, 0.6) is 0 Å². The molecule has 0 saturated carbocycles. The molecule has 1 aromatic heterocycles. The molecule has 0 radical (unpaired) electrons. The molecule has 0 aliphatic carbocycles. The molecule has 3 amide bonds. The molecule has 3 atom stereocenters. The molecular weight excluding hydrogens is 714 g/mol. The summed E-state index contributed by atoms with van der Waals surface area (Å²) in [6, 6.07) is 28.2. The molecule has 4 aromatic carbocycles. The second-order valence-corrected chi connectivity index (χ2v) is 14.3. The first kappa shape index (κ1) is 28.3. The van der Waals surface area contributed by atoms with Crippen LogP contribution in [0.25, 0.3) is 10.8 Å². The summed E-state index contributed by atoms with van der Waals surface area (Å²) in [4.78, 5) is 56.2. The Balaban J connectivity index is 1.26. The van der Waals surface area contributed by atoms with E-state index in [-0.39, 0.29) is 29.1 Å². The minimum atomic E-state index is -0.753. The lowest BCUT2D eigenvalue weighted by atomic mass is 9.83. The van der Waals surface area contributed by atoms with Crippen molar-refractivity contribution in [3.8, 4) is 0 Å². The number of amides is 3. The van der Waals surface area contributed by atoms with Gasteiger partial charge in [-0.15, -0.1) is 0 Å². The Labute approximate surface area is 271 Å². The number of nitrogens with zero attached hydrogens (tertiary/aromatic N) is 2. The largest absolute Gasteiger partial charge is 0.325 e. The van der Waals surface area contributed by atoms with Gasteiger partial charge in [0.25, 0.3) is 0 Å². The first-order valence-electron chi connectivity index (χ1n) is 13.4. The fraction of sp³-hybridized carbons (Fsp3) is 0.125. The second-order valence-electron chi connectivity index (χ2n) is 10.3. The van der Waals surface area contributed by atoms with Gasteiger partial charge in [0.15, 0.2) is 0 Å². The van der Waals surface area contributed by atoms with Crippen molar-refractivity contribution in [3.63, 3.8) is 0 Å². The summed E-state index contributed by atoms with van der Waals surface area (Å²) in [5.74, 6) is -2.23. The van der Waals surface area contributed by atoms with Crippen LogP contribution in [0, 0.1) is 5.92 Å². The lowest BCUT2D eigenvalue weighted by Crippen LogP contribution is -2.33. The van der Waals surface area contributed by atoms with E-state index in [0.29, 0.717) is 21.3 Å². The summed E-state index contributed by atoms with van der Waals surface area (Å²) in [5.41, 5.74) is 1.94.